The van der Waals surface area contributed by atoms with Crippen molar-refractivity contribution in [2.75, 3.05) is 40.4 Å². The van der Waals surface area contributed by atoms with Crippen LogP contribution < -0.4 is 9.47 Å². The van der Waals surface area contributed by atoms with Gasteiger partial charge in [0.05, 0.1) is 14.2 Å². The number of benzene rings is 3. The lowest BCUT2D eigenvalue weighted by molar-refractivity contribution is 0.0355. The summed E-state index contributed by atoms with van der Waals surface area (Å²) in [6, 6.07) is 29.0. The Morgan fingerprint density at radius 1 is 0.676 bits per heavy atom. The summed E-state index contributed by atoms with van der Waals surface area (Å²) < 4.78 is 11.1. The van der Waals surface area contributed by atoms with Crippen LogP contribution in [0.25, 0.3) is 0 Å². The first-order valence-corrected chi connectivity index (χ1v) is 12.2. The highest BCUT2D eigenvalue weighted by Crippen LogP contribution is 2.31. The van der Waals surface area contributed by atoms with E-state index in [0.29, 0.717) is 12.1 Å². The number of rotatable bonds is 8. The van der Waals surface area contributed by atoms with E-state index in [1.165, 1.54) is 16.7 Å². The number of hydrogen-bond acceptors (Lipinski definition) is 5. The maximum atomic E-state index is 5.69. The molecule has 2 fully saturated rings. The van der Waals surface area contributed by atoms with Gasteiger partial charge >= 0.3 is 0 Å². The van der Waals surface area contributed by atoms with Gasteiger partial charge in [-0.3, -0.25) is 14.7 Å². The van der Waals surface area contributed by atoms with Crippen LogP contribution in [0.4, 0.5) is 0 Å². The van der Waals surface area contributed by atoms with Gasteiger partial charge in [-0.2, -0.15) is 0 Å². The normalized spacial score (nSPS) is 21.4. The second kappa shape index (κ2) is 10.6. The van der Waals surface area contributed by atoms with Crippen molar-refractivity contribution in [2.24, 2.45) is 0 Å². The van der Waals surface area contributed by atoms with Crippen LogP contribution in [-0.2, 0) is 19.6 Å². The maximum absolute atomic E-state index is 5.69. The predicted octanol–water partition coefficient (Wildman–Crippen LogP) is 4.27. The van der Waals surface area contributed by atoms with Crippen LogP contribution in [-0.4, -0.2) is 67.2 Å². The van der Waals surface area contributed by atoms with E-state index in [0.717, 1.165) is 57.3 Å². The highest BCUT2D eigenvalue weighted by atomic mass is 16.5. The molecule has 2 atom stereocenters. The van der Waals surface area contributed by atoms with Gasteiger partial charge in [0.2, 0.25) is 0 Å². The van der Waals surface area contributed by atoms with E-state index >= 15 is 0 Å². The minimum Gasteiger partial charge on any atom is -0.497 e. The molecule has 0 saturated carbocycles. The second-order valence-corrected chi connectivity index (χ2v) is 9.42. The van der Waals surface area contributed by atoms with Gasteiger partial charge in [-0.05, 0) is 17.2 Å². The standard InChI is InChI=1S/C29H35N3O2/c1-33-26-14-13-25(29(17-26)34-2)20-30-21-27-28(22-30)32(19-24-11-7-4-8-12-24)16-15-31(27)18-23-9-5-3-6-10-23/h3-14,17,27-28H,15-16,18-22H2,1-2H3/t27-,28+. The first kappa shape index (κ1) is 22.9. The highest BCUT2D eigenvalue weighted by Gasteiger charge is 2.43. The lowest BCUT2D eigenvalue weighted by Gasteiger charge is -2.44. The molecular formula is C29H35N3O2. The van der Waals surface area contributed by atoms with Crippen LogP contribution >= 0.6 is 0 Å². The van der Waals surface area contributed by atoms with Gasteiger partial charge in [-0.1, -0.05) is 66.7 Å². The Labute approximate surface area is 203 Å². The molecule has 0 amide bonds. The summed E-state index contributed by atoms with van der Waals surface area (Å²) in [6.07, 6.45) is 0. The Bertz CT molecular complexity index is 1000. The summed E-state index contributed by atoms with van der Waals surface area (Å²) >= 11 is 0. The van der Waals surface area contributed by atoms with Crippen molar-refractivity contribution in [2.45, 2.75) is 31.7 Å². The third-order valence-corrected chi connectivity index (χ3v) is 7.29. The molecule has 0 N–H and O–H groups in total. The van der Waals surface area contributed by atoms with Gasteiger partial charge in [0, 0.05) is 69.5 Å². The monoisotopic (exact) mass is 457 g/mol. The van der Waals surface area contributed by atoms with Crippen molar-refractivity contribution in [3.05, 3.63) is 95.6 Å². The number of piperazine rings is 1. The molecular weight excluding hydrogens is 422 g/mol. The van der Waals surface area contributed by atoms with Crippen molar-refractivity contribution in [3.63, 3.8) is 0 Å². The Hall–Kier alpha value is -2.86. The van der Waals surface area contributed by atoms with E-state index in [1.807, 2.05) is 12.1 Å². The van der Waals surface area contributed by atoms with E-state index in [1.54, 1.807) is 14.2 Å². The summed E-state index contributed by atoms with van der Waals surface area (Å²) in [5.74, 6) is 1.73. The van der Waals surface area contributed by atoms with Crippen molar-refractivity contribution in [1.29, 1.82) is 0 Å². The molecule has 2 aliphatic heterocycles. The Kier molecular flexibility index (Phi) is 7.14. The molecule has 5 nitrogen and oxygen atoms in total. The average Bonchev–Trinajstić information content (AvgIpc) is 3.31. The topological polar surface area (TPSA) is 28.2 Å². The van der Waals surface area contributed by atoms with Crippen LogP contribution in [0.15, 0.2) is 78.9 Å². The predicted molar refractivity (Wildman–Crippen MR) is 136 cm³/mol. The largest absolute Gasteiger partial charge is 0.497 e. The van der Waals surface area contributed by atoms with Crippen LogP contribution in [0.3, 0.4) is 0 Å². The van der Waals surface area contributed by atoms with Gasteiger partial charge in [0.1, 0.15) is 11.5 Å². The van der Waals surface area contributed by atoms with Crippen LogP contribution in [0.5, 0.6) is 11.5 Å². The highest BCUT2D eigenvalue weighted by molar-refractivity contribution is 5.40. The molecule has 5 rings (SSSR count). The summed E-state index contributed by atoms with van der Waals surface area (Å²) in [4.78, 5) is 8.00. The molecule has 0 aromatic heterocycles. The Morgan fingerprint density at radius 2 is 1.24 bits per heavy atom. The SMILES string of the molecule is COc1ccc(CN2C[C@@H]3[C@H](C2)N(Cc2ccccc2)CCN3Cc2ccccc2)c(OC)c1. The quantitative estimate of drug-likeness (QED) is 0.504. The lowest BCUT2D eigenvalue weighted by Crippen LogP contribution is -2.58. The van der Waals surface area contributed by atoms with E-state index in [2.05, 4.69) is 81.4 Å². The molecule has 3 aromatic rings. The van der Waals surface area contributed by atoms with Crippen LogP contribution in [0, 0.1) is 0 Å². The number of likely N-dealkylation sites (tertiary alicyclic amines) is 1. The minimum atomic E-state index is 0.516. The zero-order valence-electron chi connectivity index (χ0n) is 20.3. The van der Waals surface area contributed by atoms with Crippen LogP contribution in [0.2, 0.25) is 0 Å². The number of hydrogen-bond donors (Lipinski definition) is 0. The van der Waals surface area contributed by atoms with Crippen LogP contribution in [0.1, 0.15) is 16.7 Å². The molecule has 0 aliphatic carbocycles. The zero-order chi connectivity index (χ0) is 23.3. The molecule has 0 unspecified atom stereocenters. The summed E-state index contributed by atoms with van der Waals surface area (Å²) in [7, 11) is 3.44. The molecule has 2 saturated heterocycles. The Morgan fingerprint density at radius 3 is 1.74 bits per heavy atom. The molecule has 0 radical (unpaired) electrons. The second-order valence-electron chi connectivity index (χ2n) is 9.42. The van der Waals surface area contributed by atoms with Crippen molar-refractivity contribution in [3.8, 4) is 11.5 Å². The van der Waals surface area contributed by atoms with E-state index in [4.69, 9.17) is 9.47 Å². The third kappa shape index (κ3) is 5.12. The first-order valence-electron chi connectivity index (χ1n) is 12.2. The molecule has 34 heavy (non-hydrogen) atoms. The smallest absolute Gasteiger partial charge is 0.127 e. The molecule has 5 heteroatoms. The van der Waals surface area contributed by atoms with Gasteiger partial charge in [-0.15, -0.1) is 0 Å². The van der Waals surface area contributed by atoms with E-state index < -0.39 is 0 Å². The van der Waals surface area contributed by atoms with Gasteiger partial charge < -0.3 is 9.47 Å². The zero-order valence-corrected chi connectivity index (χ0v) is 20.3. The summed E-state index contributed by atoms with van der Waals surface area (Å²) in [5, 5.41) is 0. The van der Waals surface area contributed by atoms with Gasteiger partial charge in [-0.25, -0.2) is 0 Å². The van der Waals surface area contributed by atoms with Gasteiger partial charge in [0.15, 0.2) is 0 Å². The number of fused-ring (bicyclic) bond motifs is 1. The fraction of sp³-hybridized carbons (Fsp3) is 0.379. The fourth-order valence-electron chi connectivity index (χ4n) is 5.53. The average molecular weight is 458 g/mol. The summed E-state index contributed by atoms with van der Waals surface area (Å²) in [5.41, 5.74) is 4.01. The molecule has 2 aliphatic rings. The van der Waals surface area contributed by atoms with E-state index in [-0.39, 0.29) is 0 Å². The molecule has 178 valence electrons. The summed E-state index contributed by atoms with van der Waals surface area (Å²) in [6.45, 7) is 7.25. The third-order valence-electron chi connectivity index (χ3n) is 7.29. The van der Waals surface area contributed by atoms with Crippen molar-refractivity contribution in [1.82, 2.24) is 14.7 Å². The van der Waals surface area contributed by atoms with Crippen molar-refractivity contribution >= 4 is 0 Å². The van der Waals surface area contributed by atoms with Crippen molar-refractivity contribution < 1.29 is 9.47 Å². The fourth-order valence-corrected chi connectivity index (χ4v) is 5.53. The maximum Gasteiger partial charge on any atom is 0.127 e. The first-order chi connectivity index (χ1) is 16.7. The van der Waals surface area contributed by atoms with E-state index in [9.17, 15) is 0 Å². The molecule has 0 bridgehead atoms. The van der Waals surface area contributed by atoms with Gasteiger partial charge in [0.25, 0.3) is 0 Å². The lowest BCUT2D eigenvalue weighted by atomic mass is 10.0. The molecule has 0 spiro atoms. The number of methoxy groups -OCH3 is 2. The number of ether oxygens (including phenoxy) is 2. The Balaban J connectivity index is 1.35. The molecule has 2 heterocycles. The molecule has 3 aromatic carbocycles. The number of nitrogens with zero attached hydrogens (tertiary/aromatic N) is 3. The minimum absolute atomic E-state index is 0.516.